The van der Waals surface area contributed by atoms with Crippen molar-refractivity contribution in [2.24, 2.45) is 11.7 Å². The molecule has 0 aromatic heterocycles. The standard InChI is InChI=1S/C17H25ClN2O/c1-12(2)11-20-7-5-17(6-8-20)10-15(19)14-9-13(18)3-4-16(14)21-17/h3-4,9,12,15H,5-8,10-11,19H2,1-2H3/t15-/m1/s1. The minimum atomic E-state index is -0.0757. The van der Waals surface area contributed by atoms with E-state index in [0.717, 1.165) is 54.6 Å². The van der Waals surface area contributed by atoms with Crippen LogP contribution in [-0.4, -0.2) is 30.1 Å². The molecule has 2 heterocycles. The van der Waals surface area contributed by atoms with Crippen molar-refractivity contribution in [3.8, 4) is 5.75 Å². The second kappa shape index (κ2) is 5.79. The summed E-state index contributed by atoms with van der Waals surface area (Å²) in [6.45, 7) is 7.94. The Morgan fingerprint density at radius 1 is 1.38 bits per heavy atom. The number of nitrogens with zero attached hydrogens (tertiary/aromatic N) is 1. The van der Waals surface area contributed by atoms with Crippen LogP contribution in [0.25, 0.3) is 0 Å². The molecule has 3 nitrogen and oxygen atoms in total. The molecule has 1 spiro atoms. The van der Waals surface area contributed by atoms with Crippen LogP contribution in [0.5, 0.6) is 5.75 Å². The van der Waals surface area contributed by atoms with Crippen LogP contribution >= 0.6 is 11.6 Å². The number of benzene rings is 1. The highest BCUT2D eigenvalue weighted by molar-refractivity contribution is 6.30. The van der Waals surface area contributed by atoms with Crippen LogP contribution in [0.2, 0.25) is 5.02 Å². The van der Waals surface area contributed by atoms with Crippen LogP contribution in [0.15, 0.2) is 18.2 Å². The molecule has 0 unspecified atom stereocenters. The molecule has 1 aromatic carbocycles. The third-order valence-corrected chi connectivity index (χ3v) is 4.92. The maximum Gasteiger partial charge on any atom is 0.125 e. The van der Waals surface area contributed by atoms with Crippen LogP contribution in [0.1, 0.15) is 44.7 Å². The Hall–Kier alpha value is -0.770. The summed E-state index contributed by atoms with van der Waals surface area (Å²) in [5.41, 5.74) is 7.36. The van der Waals surface area contributed by atoms with Gasteiger partial charge in [0.1, 0.15) is 11.4 Å². The normalized spacial score (nSPS) is 24.9. The lowest BCUT2D eigenvalue weighted by Crippen LogP contribution is -2.51. The number of halogens is 1. The first-order chi connectivity index (χ1) is 9.97. The summed E-state index contributed by atoms with van der Waals surface area (Å²) in [6, 6.07) is 5.84. The second-order valence-corrected chi connectivity index (χ2v) is 7.41. The molecule has 116 valence electrons. The van der Waals surface area contributed by atoms with Crippen molar-refractivity contribution >= 4 is 11.6 Å². The Kier molecular flexibility index (Phi) is 4.17. The predicted molar refractivity (Wildman–Crippen MR) is 86.9 cm³/mol. The monoisotopic (exact) mass is 308 g/mol. The minimum Gasteiger partial charge on any atom is -0.487 e. The molecule has 2 aliphatic rings. The zero-order valence-corrected chi connectivity index (χ0v) is 13.7. The van der Waals surface area contributed by atoms with Crippen LogP contribution < -0.4 is 10.5 Å². The van der Waals surface area contributed by atoms with Crippen LogP contribution in [0.4, 0.5) is 0 Å². The molecule has 21 heavy (non-hydrogen) atoms. The number of fused-ring (bicyclic) bond motifs is 1. The molecule has 0 bridgehead atoms. The highest BCUT2D eigenvalue weighted by Crippen LogP contribution is 2.44. The zero-order valence-electron chi connectivity index (χ0n) is 12.9. The lowest BCUT2D eigenvalue weighted by Gasteiger charge is -2.46. The predicted octanol–water partition coefficient (Wildman–Crippen LogP) is 3.61. The van der Waals surface area contributed by atoms with Crippen molar-refractivity contribution in [2.45, 2.75) is 44.8 Å². The summed E-state index contributed by atoms with van der Waals surface area (Å²) in [5.74, 6) is 1.65. The molecule has 1 atom stereocenters. The van der Waals surface area contributed by atoms with Crippen molar-refractivity contribution < 1.29 is 4.74 Å². The van der Waals surface area contributed by atoms with E-state index in [9.17, 15) is 0 Å². The van der Waals surface area contributed by atoms with Gasteiger partial charge in [-0.3, -0.25) is 0 Å². The van der Waals surface area contributed by atoms with Gasteiger partial charge in [-0.1, -0.05) is 25.4 Å². The molecule has 1 aromatic rings. The maximum absolute atomic E-state index is 6.38. The van der Waals surface area contributed by atoms with Gasteiger partial charge in [0.25, 0.3) is 0 Å². The van der Waals surface area contributed by atoms with E-state index < -0.39 is 0 Å². The number of rotatable bonds is 2. The van der Waals surface area contributed by atoms with Gasteiger partial charge < -0.3 is 15.4 Å². The fourth-order valence-electron chi connectivity index (χ4n) is 3.65. The van der Waals surface area contributed by atoms with Crippen LogP contribution in [0, 0.1) is 5.92 Å². The van der Waals surface area contributed by atoms with E-state index in [1.165, 1.54) is 6.54 Å². The number of piperidine rings is 1. The van der Waals surface area contributed by atoms with Crippen molar-refractivity contribution in [2.75, 3.05) is 19.6 Å². The number of hydrogen-bond acceptors (Lipinski definition) is 3. The van der Waals surface area contributed by atoms with Gasteiger partial charge in [-0.05, 0) is 37.0 Å². The Morgan fingerprint density at radius 2 is 2.10 bits per heavy atom. The summed E-state index contributed by atoms with van der Waals surface area (Å²) < 4.78 is 6.37. The first-order valence-corrected chi connectivity index (χ1v) is 8.32. The van der Waals surface area contributed by atoms with Crippen molar-refractivity contribution in [1.82, 2.24) is 4.90 Å². The van der Waals surface area contributed by atoms with Gasteiger partial charge in [0.2, 0.25) is 0 Å². The Bertz CT molecular complexity index is 510. The van der Waals surface area contributed by atoms with Crippen molar-refractivity contribution in [3.05, 3.63) is 28.8 Å². The molecular weight excluding hydrogens is 284 g/mol. The van der Waals surface area contributed by atoms with Gasteiger partial charge in [-0.2, -0.15) is 0 Å². The Morgan fingerprint density at radius 3 is 2.76 bits per heavy atom. The van der Waals surface area contributed by atoms with Crippen molar-refractivity contribution in [3.63, 3.8) is 0 Å². The topological polar surface area (TPSA) is 38.5 Å². The fraction of sp³-hybridized carbons (Fsp3) is 0.647. The maximum atomic E-state index is 6.38. The SMILES string of the molecule is CC(C)CN1CCC2(CC1)C[C@@H](N)c1cc(Cl)ccc1O2. The van der Waals surface area contributed by atoms with Crippen LogP contribution in [-0.2, 0) is 0 Å². The molecule has 1 saturated heterocycles. The van der Waals surface area contributed by atoms with E-state index in [4.69, 9.17) is 22.1 Å². The van der Waals surface area contributed by atoms with E-state index in [1.807, 2.05) is 18.2 Å². The quantitative estimate of drug-likeness (QED) is 0.907. The molecule has 4 heteroatoms. The Balaban J connectivity index is 1.73. The number of ether oxygens (including phenoxy) is 1. The van der Waals surface area contributed by atoms with E-state index in [2.05, 4.69) is 18.7 Å². The zero-order chi connectivity index (χ0) is 15.0. The van der Waals surface area contributed by atoms with Gasteiger partial charge in [0.05, 0.1) is 0 Å². The number of likely N-dealkylation sites (tertiary alicyclic amines) is 1. The van der Waals surface area contributed by atoms with Gasteiger partial charge in [0, 0.05) is 42.7 Å². The van der Waals surface area contributed by atoms with Gasteiger partial charge in [0.15, 0.2) is 0 Å². The van der Waals surface area contributed by atoms with E-state index >= 15 is 0 Å². The average molecular weight is 309 g/mol. The van der Waals surface area contributed by atoms with E-state index in [1.54, 1.807) is 0 Å². The first-order valence-electron chi connectivity index (χ1n) is 7.94. The molecule has 0 aliphatic carbocycles. The third kappa shape index (κ3) is 3.20. The molecule has 1 fully saturated rings. The smallest absolute Gasteiger partial charge is 0.125 e. The first kappa shape index (κ1) is 15.1. The highest BCUT2D eigenvalue weighted by Gasteiger charge is 2.42. The van der Waals surface area contributed by atoms with Crippen LogP contribution in [0.3, 0.4) is 0 Å². The Labute approximate surface area is 132 Å². The summed E-state index contributed by atoms with van der Waals surface area (Å²) in [7, 11) is 0. The van der Waals surface area contributed by atoms with E-state index in [-0.39, 0.29) is 11.6 Å². The molecule has 2 aliphatic heterocycles. The molecule has 0 radical (unpaired) electrons. The largest absolute Gasteiger partial charge is 0.487 e. The second-order valence-electron chi connectivity index (χ2n) is 6.97. The lowest BCUT2D eigenvalue weighted by atomic mass is 9.81. The molecule has 0 amide bonds. The third-order valence-electron chi connectivity index (χ3n) is 4.68. The molecule has 0 saturated carbocycles. The molecular formula is C17H25ClN2O. The summed E-state index contributed by atoms with van der Waals surface area (Å²) in [4.78, 5) is 2.54. The van der Waals surface area contributed by atoms with Gasteiger partial charge in [-0.15, -0.1) is 0 Å². The lowest BCUT2D eigenvalue weighted by molar-refractivity contribution is -0.0236. The van der Waals surface area contributed by atoms with Gasteiger partial charge >= 0.3 is 0 Å². The number of hydrogen-bond donors (Lipinski definition) is 1. The molecule has 3 rings (SSSR count). The summed E-state index contributed by atoms with van der Waals surface area (Å²) >= 11 is 6.07. The summed E-state index contributed by atoms with van der Waals surface area (Å²) in [6.07, 6.45) is 3.03. The number of nitrogens with two attached hydrogens (primary N) is 1. The average Bonchev–Trinajstić information content (AvgIpc) is 2.42. The highest BCUT2D eigenvalue weighted by atomic mass is 35.5. The van der Waals surface area contributed by atoms with Crippen molar-refractivity contribution in [1.29, 1.82) is 0 Å². The fourth-order valence-corrected chi connectivity index (χ4v) is 3.83. The summed E-state index contributed by atoms with van der Waals surface area (Å²) in [5, 5.41) is 0.732. The molecule has 2 N–H and O–H groups in total. The van der Waals surface area contributed by atoms with E-state index in [0.29, 0.717) is 0 Å². The van der Waals surface area contributed by atoms with Gasteiger partial charge in [-0.25, -0.2) is 0 Å². The minimum absolute atomic E-state index is 0.0316.